The number of nitrogens with two attached hydrogens (primary N) is 1. The van der Waals surface area contributed by atoms with Crippen molar-refractivity contribution in [1.29, 1.82) is 0 Å². The first-order valence-electron chi connectivity index (χ1n) is 6.60. The topological polar surface area (TPSA) is 29.3 Å². The standard InChI is InChI=1S/C15H24N2/c1-11-7-12(2)9-14(8-11)15-13(10-16)5-4-6-17(15)3/h7-9,13,15H,4-6,10,16H2,1-3H3. The van der Waals surface area contributed by atoms with Gasteiger partial charge < -0.3 is 5.73 Å². The van der Waals surface area contributed by atoms with Crippen molar-refractivity contribution < 1.29 is 0 Å². The van der Waals surface area contributed by atoms with Crippen molar-refractivity contribution in [3.8, 4) is 0 Å². The van der Waals surface area contributed by atoms with E-state index in [1.54, 1.807) is 0 Å². The second kappa shape index (κ2) is 5.19. The molecule has 2 N–H and O–H groups in total. The van der Waals surface area contributed by atoms with Crippen LogP contribution in [0.2, 0.25) is 0 Å². The number of nitrogens with zero attached hydrogens (tertiary/aromatic N) is 1. The molecule has 2 nitrogen and oxygen atoms in total. The Kier molecular flexibility index (Phi) is 3.85. The van der Waals surface area contributed by atoms with Crippen LogP contribution >= 0.6 is 0 Å². The minimum atomic E-state index is 0.507. The Morgan fingerprint density at radius 1 is 1.24 bits per heavy atom. The number of hydrogen-bond acceptors (Lipinski definition) is 2. The van der Waals surface area contributed by atoms with Gasteiger partial charge in [0.15, 0.2) is 0 Å². The molecule has 0 amide bonds. The van der Waals surface area contributed by atoms with E-state index in [2.05, 4.69) is 44.0 Å². The Bertz CT molecular complexity index is 366. The maximum absolute atomic E-state index is 5.94. The Labute approximate surface area is 105 Å². The van der Waals surface area contributed by atoms with Gasteiger partial charge in [0, 0.05) is 6.04 Å². The quantitative estimate of drug-likeness (QED) is 0.849. The number of likely N-dealkylation sites (tertiary alicyclic amines) is 1. The Morgan fingerprint density at radius 3 is 2.47 bits per heavy atom. The van der Waals surface area contributed by atoms with E-state index in [1.165, 1.54) is 36.1 Å². The molecule has 1 fully saturated rings. The highest BCUT2D eigenvalue weighted by Gasteiger charge is 2.29. The van der Waals surface area contributed by atoms with Gasteiger partial charge in [0.2, 0.25) is 0 Å². The van der Waals surface area contributed by atoms with Crippen LogP contribution in [0.4, 0.5) is 0 Å². The van der Waals surface area contributed by atoms with Gasteiger partial charge in [0.25, 0.3) is 0 Å². The summed E-state index contributed by atoms with van der Waals surface area (Å²) in [7, 11) is 2.23. The molecule has 1 aliphatic rings. The van der Waals surface area contributed by atoms with Crippen molar-refractivity contribution in [1.82, 2.24) is 4.90 Å². The first-order valence-corrected chi connectivity index (χ1v) is 6.60. The summed E-state index contributed by atoms with van der Waals surface area (Å²) in [6, 6.07) is 7.39. The fourth-order valence-corrected chi connectivity index (χ4v) is 3.21. The van der Waals surface area contributed by atoms with Crippen LogP contribution in [0.3, 0.4) is 0 Å². The van der Waals surface area contributed by atoms with E-state index in [4.69, 9.17) is 5.73 Å². The van der Waals surface area contributed by atoms with Gasteiger partial charge in [-0.3, -0.25) is 4.90 Å². The van der Waals surface area contributed by atoms with Gasteiger partial charge in [-0.2, -0.15) is 0 Å². The van der Waals surface area contributed by atoms with Crippen LogP contribution in [0, 0.1) is 19.8 Å². The summed E-state index contributed by atoms with van der Waals surface area (Å²) in [4.78, 5) is 2.47. The predicted molar refractivity (Wildman–Crippen MR) is 73.1 cm³/mol. The highest BCUT2D eigenvalue weighted by Crippen LogP contribution is 2.35. The third-order valence-corrected chi connectivity index (χ3v) is 3.90. The second-order valence-corrected chi connectivity index (χ2v) is 5.48. The maximum atomic E-state index is 5.94. The summed E-state index contributed by atoms with van der Waals surface area (Å²) >= 11 is 0. The van der Waals surface area contributed by atoms with Crippen LogP contribution in [0.15, 0.2) is 18.2 Å². The molecule has 2 rings (SSSR count). The average molecular weight is 232 g/mol. The van der Waals surface area contributed by atoms with Crippen molar-refractivity contribution in [2.24, 2.45) is 11.7 Å². The lowest BCUT2D eigenvalue weighted by molar-refractivity contribution is 0.125. The van der Waals surface area contributed by atoms with Gasteiger partial charge in [-0.05, 0) is 58.3 Å². The van der Waals surface area contributed by atoms with E-state index in [1.807, 2.05) is 0 Å². The van der Waals surface area contributed by atoms with Gasteiger partial charge in [-0.25, -0.2) is 0 Å². The molecule has 17 heavy (non-hydrogen) atoms. The van der Waals surface area contributed by atoms with Gasteiger partial charge >= 0.3 is 0 Å². The van der Waals surface area contributed by atoms with E-state index in [9.17, 15) is 0 Å². The number of benzene rings is 1. The number of aryl methyl sites for hydroxylation is 2. The van der Waals surface area contributed by atoms with Crippen molar-refractivity contribution in [2.75, 3.05) is 20.1 Å². The number of hydrogen-bond donors (Lipinski definition) is 1. The Morgan fingerprint density at radius 2 is 1.88 bits per heavy atom. The normalized spacial score (nSPS) is 26.1. The molecule has 1 aromatic carbocycles. The molecular formula is C15H24N2. The van der Waals surface area contributed by atoms with Gasteiger partial charge in [0.05, 0.1) is 0 Å². The highest BCUT2D eigenvalue weighted by molar-refractivity contribution is 5.31. The van der Waals surface area contributed by atoms with Gasteiger partial charge in [0.1, 0.15) is 0 Å². The highest BCUT2D eigenvalue weighted by atomic mass is 15.1. The number of rotatable bonds is 2. The molecule has 2 atom stereocenters. The molecule has 1 aliphatic heterocycles. The summed E-state index contributed by atoms with van der Waals surface area (Å²) in [5.74, 6) is 0.606. The van der Waals surface area contributed by atoms with Crippen LogP contribution in [0.1, 0.15) is 35.6 Å². The molecular weight excluding hydrogens is 208 g/mol. The van der Waals surface area contributed by atoms with Crippen LogP contribution in [0.5, 0.6) is 0 Å². The van der Waals surface area contributed by atoms with E-state index in [0.717, 1.165) is 6.54 Å². The fraction of sp³-hybridized carbons (Fsp3) is 0.600. The van der Waals surface area contributed by atoms with Gasteiger partial charge in [-0.1, -0.05) is 29.3 Å². The van der Waals surface area contributed by atoms with E-state index >= 15 is 0 Å². The third kappa shape index (κ3) is 2.70. The largest absolute Gasteiger partial charge is 0.330 e. The monoisotopic (exact) mass is 232 g/mol. The molecule has 94 valence electrons. The van der Waals surface area contributed by atoms with Crippen molar-refractivity contribution in [3.05, 3.63) is 34.9 Å². The van der Waals surface area contributed by atoms with Crippen molar-refractivity contribution in [2.45, 2.75) is 32.7 Å². The predicted octanol–water partition coefficient (Wildman–Crippen LogP) is 2.65. The zero-order valence-corrected chi connectivity index (χ0v) is 11.2. The molecule has 0 aromatic heterocycles. The molecule has 0 aliphatic carbocycles. The fourth-order valence-electron chi connectivity index (χ4n) is 3.21. The lowest BCUT2D eigenvalue weighted by Crippen LogP contribution is -2.39. The van der Waals surface area contributed by atoms with Crippen molar-refractivity contribution in [3.63, 3.8) is 0 Å². The van der Waals surface area contributed by atoms with Gasteiger partial charge in [-0.15, -0.1) is 0 Å². The zero-order valence-electron chi connectivity index (χ0n) is 11.2. The van der Waals surface area contributed by atoms with Crippen LogP contribution < -0.4 is 5.73 Å². The molecule has 0 spiro atoms. The summed E-state index contributed by atoms with van der Waals surface area (Å²) in [5.41, 5.74) is 10.1. The number of piperidine rings is 1. The molecule has 0 saturated carbocycles. The summed E-state index contributed by atoms with van der Waals surface area (Å²) in [6.07, 6.45) is 2.54. The smallest absolute Gasteiger partial charge is 0.0385 e. The first kappa shape index (κ1) is 12.6. The molecule has 1 aromatic rings. The summed E-state index contributed by atoms with van der Waals surface area (Å²) in [6.45, 7) is 6.34. The van der Waals surface area contributed by atoms with E-state index in [-0.39, 0.29) is 0 Å². The molecule has 1 heterocycles. The molecule has 0 bridgehead atoms. The first-order chi connectivity index (χ1) is 8.11. The lowest BCUT2D eigenvalue weighted by atomic mass is 9.84. The Balaban J connectivity index is 2.34. The second-order valence-electron chi connectivity index (χ2n) is 5.48. The van der Waals surface area contributed by atoms with E-state index in [0.29, 0.717) is 12.0 Å². The molecule has 0 radical (unpaired) electrons. The molecule has 2 heteroatoms. The third-order valence-electron chi connectivity index (χ3n) is 3.90. The lowest BCUT2D eigenvalue weighted by Gasteiger charge is -2.39. The maximum Gasteiger partial charge on any atom is 0.0385 e. The molecule has 1 saturated heterocycles. The van der Waals surface area contributed by atoms with Crippen LogP contribution in [0.25, 0.3) is 0 Å². The minimum absolute atomic E-state index is 0.507. The minimum Gasteiger partial charge on any atom is -0.330 e. The zero-order chi connectivity index (χ0) is 12.4. The molecule has 2 unspecified atom stereocenters. The Hall–Kier alpha value is -0.860. The average Bonchev–Trinajstić information content (AvgIpc) is 2.27. The SMILES string of the molecule is Cc1cc(C)cc(C2C(CN)CCCN2C)c1. The van der Waals surface area contributed by atoms with Crippen LogP contribution in [-0.4, -0.2) is 25.0 Å². The summed E-state index contributed by atoms with van der Waals surface area (Å²) in [5, 5.41) is 0. The van der Waals surface area contributed by atoms with E-state index < -0.39 is 0 Å². The van der Waals surface area contributed by atoms with Crippen LogP contribution in [-0.2, 0) is 0 Å². The summed E-state index contributed by atoms with van der Waals surface area (Å²) < 4.78 is 0. The van der Waals surface area contributed by atoms with Crippen molar-refractivity contribution >= 4 is 0 Å².